The van der Waals surface area contributed by atoms with Crippen molar-refractivity contribution in [2.75, 3.05) is 20.3 Å². The monoisotopic (exact) mass is 468 g/mol. The number of para-hydroxylation sites is 1. The Hall–Kier alpha value is -2.81. The standard InChI is InChI=1S/C24H24N2O4S2/c1-16-14-31-24(26-16)32-15-20-19-8-3-4-9-21(19)30-22(20)23(27)25-13-17-6-5-7-18(12-17)29-11-10-28-2/h3-9,12,14H,10-11,13,15H2,1-2H3,(H,25,27). The zero-order valence-corrected chi connectivity index (χ0v) is 19.6. The Balaban J connectivity index is 1.47. The zero-order valence-electron chi connectivity index (χ0n) is 17.9. The molecule has 0 spiro atoms. The molecule has 1 amide bonds. The normalized spacial score (nSPS) is 11.1. The Kier molecular flexibility index (Phi) is 7.47. The van der Waals surface area contributed by atoms with E-state index in [9.17, 15) is 4.79 Å². The number of ether oxygens (including phenoxy) is 2. The zero-order chi connectivity index (χ0) is 22.3. The van der Waals surface area contributed by atoms with Crippen molar-refractivity contribution in [2.24, 2.45) is 0 Å². The van der Waals surface area contributed by atoms with Crippen LogP contribution in [-0.2, 0) is 17.0 Å². The van der Waals surface area contributed by atoms with Gasteiger partial charge in [0.25, 0.3) is 5.91 Å². The third kappa shape index (κ3) is 5.51. The van der Waals surface area contributed by atoms with E-state index in [-0.39, 0.29) is 5.91 Å². The van der Waals surface area contributed by atoms with Gasteiger partial charge in [-0.2, -0.15) is 0 Å². The number of benzene rings is 2. The van der Waals surface area contributed by atoms with Gasteiger partial charge in [0.2, 0.25) is 0 Å². The largest absolute Gasteiger partial charge is 0.491 e. The highest BCUT2D eigenvalue weighted by atomic mass is 32.2. The molecule has 0 radical (unpaired) electrons. The molecule has 2 aromatic heterocycles. The van der Waals surface area contributed by atoms with Gasteiger partial charge in [-0.3, -0.25) is 4.79 Å². The molecule has 0 aliphatic heterocycles. The van der Waals surface area contributed by atoms with Crippen molar-refractivity contribution in [3.63, 3.8) is 0 Å². The van der Waals surface area contributed by atoms with E-state index in [1.165, 1.54) is 0 Å². The van der Waals surface area contributed by atoms with E-state index in [0.29, 0.717) is 36.9 Å². The molecular weight excluding hydrogens is 444 g/mol. The Morgan fingerprint density at radius 3 is 2.88 bits per heavy atom. The van der Waals surface area contributed by atoms with Crippen LogP contribution in [0.5, 0.6) is 5.75 Å². The van der Waals surface area contributed by atoms with Gasteiger partial charge in [-0.25, -0.2) is 4.98 Å². The van der Waals surface area contributed by atoms with Crippen LogP contribution in [-0.4, -0.2) is 31.2 Å². The van der Waals surface area contributed by atoms with E-state index in [1.807, 2.05) is 60.8 Å². The molecule has 0 atom stereocenters. The fourth-order valence-corrected chi connectivity index (χ4v) is 5.09. The number of carbonyl (C=O) groups excluding carboxylic acids is 1. The Morgan fingerprint density at radius 1 is 1.19 bits per heavy atom. The third-order valence-electron chi connectivity index (χ3n) is 4.75. The van der Waals surface area contributed by atoms with Crippen molar-refractivity contribution >= 4 is 40.0 Å². The number of hydrogen-bond acceptors (Lipinski definition) is 7. The SMILES string of the molecule is COCCOc1cccc(CNC(=O)c2oc3ccccc3c2CSc2nc(C)cs2)c1. The first-order valence-electron chi connectivity index (χ1n) is 10.2. The Labute approximate surface area is 194 Å². The summed E-state index contributed by atoms with van der Waals surface area (Å²) in [5, 5.41) is 5.95. The molecule has 2 aromatic carbocycles. The molecule has 4 aromatic rings. The molecule has 0 aliphatic carbocycles. The van der Waals surface area contributed by atoms with Gasteiger partial charge in [-0.05, 0) is 30.7 Å². The van der Waals surface area contributed by atoms with E-state index in [0.717, 1.165) is 32.3 Å². The molecule has 0 saturated carbocycles. The van der Waals surface area contributed by atoms with Crippen LogP contribution in [0.4, 0.5) is 0 Å². The van der Waals surface area contributed by atoms with Crippen LogP contribution in [0.2, 0.25) is 0 Å². The molecule has 4 rings (SSSR count). The summed E-state index contributed by atoms with van der Waals surface area (Å²) < 4.78 is 17.6. The van der Waals surface area contributed by atoms with Crippen molar-refractivity contribution in [2.45, 2.75) is 23.6 Å². The minimum absolute atomic E-state index is 0.238. The average Bonchev–Trinajstić information content (AvgIpc) is 3.39. The molecule has 0 fully saturated rings. The highest BCUT2D eigenvalue weighted by Crippen LogP contribution is 2.33. The van der Waals surface area contributed by atoms with Gasteiger partial charge >= 0.3 is 0 Å². The summed E-state index contributed by atoms with van der Waals surface area (Å²) in [6, 6.07) is 15.4. The molecule has 0 aliphatic rings. The van der Waals surface area contributed by atoms with Gasteiger partial charge in [-0.15, -0.1) is 11.3 Å². The summed E-state index contributed by atoms with van der Waals surface area (Å²) in [4.78, 5) is 17.6. The van der Waals surface area contributed by atoms with Crippen LogP contribution < -0.4 is 10.1 Å². The Bertz CT molecular complexity index is 1200. The highest BCUT2D eigenvalue weighted by molar-refractivity contribution is 8.00. The minimum atomic E-state index is -0.238. The first-order chi connectivity index (χ1) is 15.6. The number of thiazole rings is 1. The molecule has 166 valence electrons. The molecule has 0 unspecified atom stereocenters. The first kappa shape index (κ1) is 22.4. The number of nitrogens with one attached hydrogen (secondary N) is 1. The maximum absolute atomic E-state index is 13.0. The van der Waals surface area contributed by atoms with E-state index >= 15 is 0 Å². The fourth-order valence-electron chi connectivity index (χ4n) is 3.21. The lowest BCUT2D eigenvalue weighted by Crippen LogP contribution is -2.23. The number of thioether (sulfide) groups is 1. The van der Waals surface area contributed by atoms with Crippen molar-refractivity contribution < 1.29 is 18.7 Å². The van der Waals surface area contributed by atoms with Gasteiger partial charge in [0.1, 0.15) is 22.3 Å². The quantitative estimate of drug-likeness (QED) is 0.247. The fraction of sp³-hybridized carbons (Fsp3) is 0.250. The summed E-state index contributed by atoms with van der Waals surface area (Å²) >= 11 is 3.22. The van der Waals surface area contributed by atoms with E-state index < -0.39 is 0 Å². The van der Waals surface area contributed by atoms with Crippen molar-refractivity contribution in [3.8, 4) is 5.75 Å². The van der Waals surface area contributed by atoms with Crippen LogP contribution >= 0.6 is 23.1 Å². The van der Waals surface area contributed by atoms with Gasteiger partial charge < -0.3 is 19.2 Å². The van der Waals surface area contributed by atoms with Crippen LogP contribution in [0, 0.1) is 6.92 Å². The number of aromatic nitrogens is 1. The molecule has 6 nitrogen and oxygen atoms in total. The van der Waals surface area contributed by atoms with Crippen molar-refractivity contribution in [1.82, 2.24) is 10.3 Å². The predicted molar refractivity (Wildman–Crippen MR) is 128 cm³/mol. The van der Waals surface area contributed by atoms with Crippen LogP contribution in [0.25, 0.3) is 11.0 Å². The molecule has 0 bridgehead atoms. The summed E-state index contributed by atoms with van der Waals surface area (Å²) in [6.45, 7) is 3.35. The van der Waals surface area contributed by atoms with Crippen molar-refractivity contribution in [1.29, 1.82) is 0 Å². The molecule has 32 heavy (non-hydrogen) atoms. The summed E-state index contributed by atoms with van der Waals surface area (Å²) in [5.74, 6) is 1.46. The average molecular weight is 469 g/mol. The van der Waals surface area contributed by atoms with E-state index in [4.69, 9.17) is 13.9 Å². The number of rotatable bonds is 10. The third-order valence-corrected chi connectivity index (χ3v) is 6.92. The highest BCUT2D eigenvalue weighted by Gasteiger charge is 2.21. The molecule has 0 saturated heterocycles. The Morgan fingerprint density at radius 2 is 2.06 bits per heavy atom. The molecule has 2 heterocycles. The number of fused-ring (bicyclic) bond motifs is 1. The number of aryl methyl sites for hydroxylation is 1. The van der Waals surface area contributed by atoms with E-state index in [2.05, 4.69) is 10.3 Å². The maximum atomic E-state index is 13.0. The minimum Gasteiger partial charge on any atom is -0.491 e. The number of hydrogen-bond donors (Lipinski definition) is 1. The first-order valence-corrected chi connectivity index (χ1v) is 12.0. The van der Waals surface area contributed by atoms with Gasteiger partial charge in [0.15, 0.2) is 5.76 Å². The number of furan rings is 1. The second kappa shape index (κ2) is 10.7. The van der Waals surface area contributed by atoms with Crippen LogP contribution in [0.3, 0.4) is 0 Å². The predicted octanol–water partition coefficient (Wildman–Crippen LogP) is 5.45. The smallest absolute Gasteiger partial charge is 0.287 e. The van der Waals surface area contributed by atoms with E-state index in [1.54, 1.807) is 30.2 Å². The molecule has 1 N–H and O–H groups in total. The van der Waals surface area contributed by atoms with Crippen LogP contribution in [0.1, 0.15) is 27.4 Å². The number of methoxy groups -OCH3 is 1. The van der Waals surface area contributed by atoms with Crippen LogP contribution in [0.15, 0.2) is 62.7 Å². The summed E-state index contributed by atoms with van der Waals surface area (Å²) in [6.07, 6.45) is 0. The number of nitrogens with zero attached hydrogens (tertiary/aromatic N) is 1. The van der Waals surface area contributed by atoms with Crippen molar-refractivity contribution in [3.05, 3.63) is 76.5 Å². The lowest BCUT2D eigenvalue weighted by atomic mass is 10.1. The maximum Gasteiger partial charge on any atom is 0.287 e. The van der Waals surface area contributed by atoms with Gasteiger partial charge in [-0.1, -0.05) is 42.1 Å². The summed E-state index contributed by atoms with van der Waals surface area (Å²) in [7, 11) is 1.64. The van der Waals surface area contributed by atoms with Gasteiger partial charge in [0, 0.05) is 41.4 Å². The lowest BCUT2D eigenvalue weighted by molar-refractivity contribution is 0.0924. The molecule has 8 heteroatoms. The summed E-state index contributed by atoms with van der Waals surface area (Å²) in [5.41, 5.74) is 3.53. The lowest BCUT2D eigenvalue weighted by Gasteiger charge is -2.09. The number of amides is 1. The molecular formula is C24H24N2O4S2. The van der Waals surface area contributed by atoms with Gasteiger partial charge in [0.05, 0.1) is 6.61 Å². The second-order valence-electron chi connectivity index (χ2n) is 7.12. The second-order valence-corrected chi connectivity index (χ2v) is 9.20. The number of carbonyl (C=O) groups is 1. The topological polar surface area (TPSA) is 73.6 Å².